The number of hydrogen-bond acceptors (Lipinski definition) is 6. The van der Waals surface area contributed by atoms with Gasteiger partial charge in [-0.05, 0) is 35.9 Å². The smallest absolute Gasteiger partial charge is 0.311 e. The molecular weight excluding hydrogens is 360 g/mol. The van der Waals surface area contributed by atoms with Crippen molar-refractivity contribution in [3.63, 3.8) is 0 Å². The number of rotatable bonds is 3. The van der Waals surface area contributed by atoms with Crippen LogP contribution in [-0.2, 0) is 4.79 Å². The highest BCUT2D eigenvalue weighted by molar-refractivity contribution is 5.76. The molecule has 2 atom stereocenters. The number of methoxy groups -OCH3 is 1. The SMILES string of the molecule is COc1ccc([C@H]2c3cc4c(cc3OC(=O)C[C@H]2c2ccco2)OCO4)cc1. The number of carbonyl (C=O) groups is 1. The number of benzene rings is 2. The molecule has 3 aromatic rings. The van der Waals surface area contributed by atoms with Crippen molar-refractivity contribution in [2.75, 3.05) is 13.9 Å². The van der Waals surface area contributed by atoms with Crippen molar-refractivity contribution in [1.82, 2.24) is 0 Å². The average Bonchev–Trinajstić information content (AvgIpc) is 3.37. The largest absolute Gasteiger partial charge is 0.497 e. The second kappa shape index (κ2) is 6.64. The summed E-state index contributed by atoms with van der Waals surface area (Å²) in [6, 6.07) is 15.2. The van der Waals surface area contributed by atoms with Gasteiger partial charge in [-0.2, -0.15) is 0 Å². The molecule has 0 fully saturated rings. The molecule has 28 heavy (non-hydrogen) atoms. The molecule has 0 N–H and O–H groups in total. The number of furan rings is 1. The zero-order chi connectivity index (χ0) is 19.1. The van der Waals surface area contributed by atoms with Gasteiger partial charge in [0.2, 0.25) is 6.79 Å². The molecule has 0 spiro atoms. The van der Waals surface area contributed by atoms with Gasteiger partial charge >= 0.3 is 5.97 Å². The minimum atomic E-state index is -0.308. The molecule has 5 rings (SSSR count). The first-order chi connectivity index (χ1) is 13.7. The lowest BCUT2D eigenvalue weighted by Gasteiger charge is -2.24. The first kappa shape index (κ1) is 16.7. The Morgan fingerprint density at radius 2 is 1.79 bits per heavy atom. The van der Waals surface area contributed by atoms with Crippen LogP contribution in [0.4, 0.5) is 0 Å². The molecule has 3 heterocycles. The molecule has 2 aliphatic rings. The Morgan fingerprint density at radius 1 is 1.00 bits per heavy atom. The van der Waals surface area contributed by atoms with Crippen molar-refractivity contribution in [3.05, 3.63) is 71.7 Å². The molecular formula is C22H18O6. The van der Waals surface area contributed by atoms with Crippen LogP contribution >= 0.6 is 0 Å². The number of hydrogen-bond donors (Lipinski definition) is 0. The van der Waals surface area contributed by atoms with Crippen molar-refractivity contribution >= 4 is 5.97 Å². The summed E-state index contributed by atoms with van der Waals surface area (Å²) >= 11 is 0. The average molecular weight is 378 g/mol. The summed E-state index contributed by atoms with van der Waals surface area (Å²) in [5, 5.41) is 0. The van der Waals surface area contributed by atoms with Crippen LogP contribution in [0.15, 0.2) is 59.2 Å². The summed E-state index contributed by atoms with van der Waals surface area (Å²) in [5.41, 5.74) is 1.89. The van der Waals surface area contributed by atoms with Gasteiger partial charge in [0.05, 0.1) is 19.8 Å². The van der Waals surface area contributed by atoms with Crippen LogP contribution < -0.4 is 18.9 Å². The molecule has 0 saturated heterocycles. The summed E-state index contributed by atoms with van der Waals surface area (Å²) in [6.45, 7) is 0.154. The predicted molar refractivity (Wildman–Crippen MR) is 99.1 cm³/mol. The topological polar surface area (TPSA) is 67.1 Å². The maximum Gasteiger partial charge on any atom is 0.311 e. The van der Waals surface area contributed by atoms with Crippen LogP contribution in [0, 0.1) is 0 Å². The predicted octanol–water partition coefficient (Wildman–Crippen LogP) is 4.24. The molecule has 2 aromatic carbocycles. The third kappa shape index (κ3) is 2.78. The van der Waals surface area contributed by atoms with Gasteiger partial charge in [0, 0.05) is 23.5 Å². The minimum Gasteiger partial charge on any atom is -0.497 e. The quantitative estimate of drug-likeness (QED) is 0.502. The van der Waals surface area contributed by atoms with E-state index < -0.39 is 0 Å². The molecule has 0 radical (unpaired) electrons. The van der Waals surface area contributed by atoms with E-state index in [0.717, 1.165) is 22.6 Å². The molecule has 1 aromatic heterocycles. The zero-order valence-electron chi connectivity index (χ0n) is 15.2. The normalized spacial score (nSPS) is 20.2. The van der Waals surface area contributed by atoms with Gasteiger partial charge in [0.1, 0.15) is 17.3 Å². The lowest BCUT2D eigenvalue weighted by atomic mass is 9.78. The van der Waals surface area contributed by atoms with E-state index in [1.807, 2.05) is 42.5 Å². The lowest BCUT2D eigenvalue weighted by Crippen LogP contribution is -2.14. The van der Waals surface area contributed by atoms with Gasteiger partial charge in [-0.25, -0.2) is 0 Å². The summed E-state index contributed by atoms with van der Waals surface area (Å²) in [4.78, 5) is 12.6. The van der Waals surface area contributed by atoms with E-state index in [1.165, 1.54) is 0 Å². The van der Waals surface area contributed by atoms with Gasteiger partial charge in [-0.3, -0.25) is 4.79 Å². The monoisotopic (exact) mass is 378 g/mol. The van der Waals surface area contributed by atoms with Gasteiger partial charge in [0.15, 0.2) is 11.5 Å². The molecule has 0 bridgehead atoms. The Hall–Kier alpha value is -3.41. The van der Waals surface area contributed by atoms with Gasteiger partial charge in [-0.1, -0.05) is 12.1 Å². The van der Waals surface area contributed by atoms with E-state index >= 15 is 0 Å². The number of ether oxygens (including phenoxy) is 4. The van der Waals surface area contributed by atoms with Gasteiger partial charge in [0.25, 0.3) is 0 Å². The van der Waals surface area contributed by atoms with Crippen LogP contribution in [0.5, 0.6) is 23.0 Å². The molecule has 142 valence electrons. The summed E-state index contributed by atoms with van der Waals surface area (Å²) in [6.07, 6.45) is 1.82. The first-order valence-corrected chi connectivity index (χ1v) is 9.04. The van der Waals surface area contributed by atoms with Crippen LogP contribution in [-0.4, -0.2) is 19.9 Å². The fraction of sp³-hybridized carbons (Fsp3) is 0.227. The highest BCUT2D eigenvalue weighted by atomic mass is 16.7. The maximum absolute atomic E-state index is 12.6. The second-order valence-corrected chi connectivity index (χ2v) is 6.79. The molecule has 6 nitrogen and oxygen atoms in total. The van der Waals surface area contributed by atoms with Crippen LogP contribution in [0.3, 0.4) is 0 Å². The second-order valence-electron chi connectivity index (χ2n) is 6.79. The molecule has 0 saturated carbocycles. The summed E-state index contributed by atoms with van der Waals surface area (Å²) < 4.78 is 27.7. The van der Waals surface area contributed by atoms with E-state index in [9.17, 15) is 4.79 Å². The molecule has 2 aliphatic heterocycles. The Balaban J connectivity index is 1.70. The first-order valence-electron chi connectivity index (χ1n) is 9.04. The highest BCUT2D eigenvalue weighted by Gasteiger charge is 2.37. The Kier molecular flexibility index (Phi) is 3.97. The standard InChI is InChI=1S/C22H18O6/c1-24-14-6-4-13(5-7-14)22-15-9-19-20(27-12-26-19)11-18(15)28-21(23)10-16(22)17-3-2-8-25-17/h2-9,11,16,22H,10,12H2,1H3/t16-,22-/m0/s1. The van der Waals surface area contributed by atoms with Gasteiger partial charge in [-0.15, -0.1) is 0 Å². The van der Waals surface area contributed by atoms with E-state index in [4.69, 9.17) is 23.4 Å². The molecule has 0 unspecified atom stereocenters. The third-order valence-corrected chi connectivity index (χ3v) is 5.24. The fourth-order valence-corrected chi connectivity index (χ4v) is 3.94. The van der Waals surface area contributed by atoms with E-state index in [2.05, 4.69) is 0 Å². The van der Waals surface area contributed by atoms with E-state index in [-0.39, 0.29) is 31.0 Å². The van der Waals surface area contributed by atoms with Gasteiger partial charge < -0.3 is 23.4 Å². The van der Waals surface area contributed by atoms with Crippen molar-refractivity contribution in [3.8, 4) is 23.0 Å². The van der Waals surface area contributed by atoms with Crippen molar-refractivity contribution in [2.24, 2.45) is 0 Å². The van der Waals surface area contributed by atoms with E-state index in [1.54, 1.807) is 19.4 Å². The Bertz CT molecular complexity index is 1010. The summed E-state index contributed by atoms with van der Waals surface area (Å²) in [7, 11) is 1.63. The molecule has 0 amide bonds. The Labute approximate surface area is 161 Å². The molecule has 6 heteroatoms. The third-order valence-electron chi connectivity index (χ3n) is 5.24. The number of fused-ring (bicyclic) bond motifs is 2. The van der Waals surface area contributed by atoms with Crippen LogP contribution in [0.2, 0.25) is 0 Å². The van der Waals surface area contributed by atoms with Crippen molar-refractivity contribution in [1.29, 1.82) is 0 Å². The summed E-state index contributed by atoms with van der Waals surface area (Å²) in [5.74, 6) is 2.55. The van der Waals surface area contributed by atoms with Crippen LogP contribution in [0.1, 0.15) is 35.1 Å². The zero-order valence-corrected chi connectivity index (χ0v) is 15.2. The van der Waals surface area contributed by atoms with E-state index in [0.29, 0.717) is 17.2 Å². The minimum absolute atomic E-state index is 0.154. The number of carbonyl (C=O) groups excluding carboxylic acids is 1. The maximum atomic E-state index is 12.6. The van der Waals surface area contributed by atoms with Crippen molar-refractivity contribution < 1.29 is 28.2 Å². The Morgan fingerprint density at radius 3 is 2.50 bits per heavy atom. The fourth-order valence-electron chi connectivity index (χ4n) is 3.94. The van der Waals surface area contributed by atoms with Crippen LogP contribution in [0.25, 0.3) is 0 Å². The molecule has 0 aliphatic carbocycles. The number of esters is 1. The van der Waals surface area contributed by atoms with Crippen molar-refractivity contribution in [2.45, 2.75) is 18.3 Å². The lowest BCUT2D eigenvalue weighted by molar-refractivity contribution is -0.134. The highest BCUT2D eigenvalue weighted by Crippen LogP contribution is 2.50.